The molecular formula is C31H29BrN4O3. The number of benzene rings is 3. The summed E-state index contributed by atoms with van der Waals surface area (Å²) in [6, 6.07) is 24.4. The van der Waals surface area contributed by atoms with Crippen LogP contribution in [-0.2, 0) is 4.79 Å². The number of ether oxygens (including phenoxy) is 1. The van der Waals surface area contributed by atoms with Gasteiger partial charge in [-0.05, 0) is 83.7 Å². The van der Waals surface area contributed by atoms with Crippen LogP contribution in [0.25, 0.3) is 23.0 Å². The molecule has 0 radical (unpaired) electrons. The van der Waals surface area contributed by atoms with Crippen LogP contribution in [0.4, 0.5) is 0 Å². The monoisotopic (exact) mass is 584 g/mol. The van der Waals surface area contributed by atoms with Crippen molar-refractivity contribution >= 4 is 33.8 Å². The molecule has 1 saturated heterocycles. The van der Waals surface area contributed by atoms with E-state index >= 15 is 0 Å². The van der Waals surface area contributed by atoms with Gasteiger partial charge in [-0.3, -0.25) is 9.59 Å². The maximum atomic E-state index is 13.7. The first-order valence-corrected chi connectivity index (χ1v) is 13.7. The van der Waals surface area contributed by atoms with E-state index in [1.54, 1.807) is 42.1 Å². The third-order valence-corrected chi connectivity index (χ3v) is 7.27. The fraction of sp³-hybridized carbons (Fsp3) is 0.194. The normalized spacial score (nSPS) is 13.7. The lowest BCUT2D eigenvalue weighted by molar-refractivity contribution is -0.128. The highest BCUT2D eigenvalue weighted by molar-refractivity contribution is 9.10. The molecule has 1 aliphatic rings. The van der Waals surface area contributed by atoms with Gasteiger partial charge in [0.15, 0.2) is 0 Å². The lowest BCUT2D eigenvalue weighted by atomic mass is 10.1. The summed E-state index contributed by atoms with van der Waals surface area (Å²) in [5, 5.41) is 7.78. The molecule has 0 bridgehead atoms. The van der Waals surface area contributed by atoms with E-state index in [4.69, 9.17) is 9.84 Å². The van der Waals surface area contributed by atoms with E-state index in [2.05, 4.69) is 21.2 Å². The van der Waals surface area contributed by atoms with Crippen molar-refractivity contribution in [1.29, 1.82) is 0 Å². The molecule has 2 heterocycles. The molecule has 1 N–H and O–H groups in total. The third kappa shape index (κ3) is 6.12. The van der Waals surface area contributed by atoms with E-state index in [0.29, 0.717) is 35.7 Å². The van der Waals surface area contributed by atoms with Gasteiger partial charge in [-0.2, -0.15) is 5.10 Å². The SMILES string of the molecule is COc1ccc(-c2nn(-c3ccccc3)cc2C=C(NC(=O)c2ccccc2)C(=O)N2CCCCC2)cc1Br. The van der Waals surface area contributed by atoms with E-state index < -0.39 is 0 Å². The molecule has 7 nitrogen and oxygen atoms in total. The summed E-state index contributed by atoms with van der Waals surface area (Å²) >= 11 is 3.57. The minimum Gasteiger partial charge on any atom is -0.496 e. The highest BCUT2D eigenvalue weighted by Gasteiger charge is 2.24. The van der Waals surface area contributed by atoms with Crippen LogP contribution in [0.2, 0.25) is 0 Å². The summed E-state index contributed by atoms with van der Waals surface area (Å²) in [5.74, 6) is 0.166. The van der Waals surface area contributed by atoms with Crippen molar-refractivity contribution < 1.29 is 14.3 Å². The summed E-state index contributed by atoms with van der Waals surface area (Å²) in [4.78, 5) is 28.7. The smallest absolute Gasteiger partial charge is 0.270 e. The van der Waals surface area contributed by atoms with Crippen LogP contribution in [0.3, 0.4) is 0 Å². The molecule has 8 heteroatoms. The number of piperidine rings is 1. The Bertz CT molecular complexity index is 1490. The summed E-state index contributed by atoms with van der Waals surface area (Å²) in [6.45, 7) is 1.33. The maximum Gasteiger partial charge on any atom is 0.270 e. The topological polar surface area (TPSA) is 76.5 Å². The Morgan fingerprint density at radius 3 is 2.31 bits per heavy atom. The molecule has 5 rings (SSSR count). The van der Waals surface area contributed by atoms with Crippen LogP contribution in [0.1, 0.15) is 35.2 Å². The van der Waals surface area contributed by atoms with Crippen molar-refractivity contribution in [2.75, 3.05) is 20.2 Å². The Morgan fingerprint density at radius 1 is 0.949 bits per heavy atom. The number of aromatic nitrogens is 2. The fourth-order valence-electron chi connectivity index (χ4n) is 4.60. The van der Waals surface area contributed by atoms with E-state index in [1.807, 2.05) is 65.7 Å². The highest BCUT2D eigenvalue weighted by atomic mass is 79.9. The minimum absolute atomic E-state index is 0.201. The van der Waals surface area contributed by atoms with Gasteiger partial charge in [0, 0.05) is 36.0 Å². The predicted octanol–water partition coefficient (Wildman–Crippen LogP) is 6.09. The number of rotatable bonds is 7. The number of carbonyl (C=O) groups excluding carboxylic acids is 2. The molecule has 0 unspecified atom stereocenters. The molecule has 3 aromatic carbocycles. The molecule has 198 valence electrons. The molecule has 2 amide bonds. The molecule has 39 heavy (non-hydrogen) atoms. The van der Waals surface area contributed by atoms with Gasteiger partial charge in [-0.25, -0.2) is 4.68 Å². The van der Waals surface area contributed by atoms with E-state index in [9.17, 15) is 9.59 Å². The summed E-state index contributed by atoms with van der Waals surface area (Å²) in [5.41, 5.74) is 3.78. The Hall–Kier alpha value is -4.17. The standard InChI is InChI=1S/C31H29BrN4O3/c1-39-28-16-15-23(19-26(28)32)29-24(21-36(34-29)25-13-7-3-8-14-25)20-27(31(38)35-17-9-4-10-18-35)33-30(37)22-11-5-2-6-12-22/h2-3,5-8,11-16,19-21H,4,9-10,17-18H2,1H3,(H,33,37). The lowest BCUT2D eigenvalue weighted by Crippen LogP contribution is -2.41. The summed E-state index contributed by atoms with van der Waals surface area (Å²) in [7, 11) is 1.62. The number of amides is 2. The second-order valence-corrected chi connectivity index (χ2v) is 10.1. The first-order chi connectivity index (χ1) is 19.0. The molecule has 1 aliphatic heterocycles. The molecule has 0 aliphatic carbocycles. The van der Waals surface area contributed by atoms with Crippen LogP contribution < -0.4 is 10.1 Å². The van der Waals surface area contributed by atoms with Gasteiger partial charge >= 0.3 is 0 Å². The molecule has 4 aromatic rings. The Labute approximate surface area is 236 Å². The first-order valence-electron chi connectivity index (χ1n) is 12.9. The minimum atomic E-state index is -0.337. The van der Waals surface area contributed by atoms with Gasteiger partial charge in [-0.15, -0.1) is 0 Å². The van der Waals surface area contributed by atoms with Crippen molar-refractivity contribution in [2.45, 2.75) is 19.3 Å². The number of para-hydroxylation sites is 1. The number of nitrogens with one attached hydrogen (secondary N) is 1. The van der Waals surface area contributed by atoms with Gasteiger partial charge in [-0.1, -0.05) is 36.4 Å². The first kappa shape index (κ1) is 26.4. The van der Waals surface area contributed by atoms with Crippen molar-refractivity contribution in [3.63, 3.8) is 0 Å². The number of nitrogens with zero attached hydrogens (tertiary/aromatic N) is 3. The predicted molar refractivity (Wildman–Crippen MR) is 156 cm³/mol. The van der Waals surface area contributed by atoms with Crippen molar-refractivity contribution in [3.05, 3.63) is 106 Å². The number of hydrogen-bond acceptors (Lipinski definition) is 4. The number of methoxy groups -OCH3 is 1. The third-order valence-electron chi connectivity index (χ3n) is 6.65. The number of likely N-dealkylation sites (tertiary alicyclic amines) is 1. The summed E-state index contributed by atoms with van der Waals surface area (Å²) in [6.07, 6.45) is 6.60. The Morgan fingerprint density at radius 2 is 1.64 bits per heavy atom. The average Bonchev–Trinajstić information content (AvgIpc) is 3.41. The zero-order chi connectivity index (χ0) is 27.2. The number of halogens is 1. The van der Waals surface area contributed by atoms with Crippen molar-refractivity contribution in [2.24, 2.45) is 0 Å². The van der Waals surface area contributed by atoms with Crippen LogP contribution >= 0.6 is 15.9 Å². The van der Waals surface area contributed by atoms with Gasteiger partial charge in [0.25, 0.3) is 11.8 Å². The lowest BCUT2D eigenvalue weighted by Gasteiger charge is -2.27. The number of hydrogen-bond donors (Lipinski definition) is 1. The molecule has 1 fully saturated rings. The quantitative estimate of drug-likeness (QED) is 0.266. The number of carbonyl (C=O) groups is 2. The van der Waals surface area contributed by atoms with Crippen molar-refractivity contribution in [3.8, 4) is 22.7 Å². The van der Waals surface area contributed by atoms with Gasteiger partial charge in [0.05, 0.1) is 17.3 Å². The second-order valence-electron chi connectivity index (χ2n) is 9.29. The maximum absolute atomic E-state index is 13.7. The van der Waals surface area contributed by atoms with Crippen LogP contribution in [0, 0.1) is 0 Å². The largest absolute Gasteiger partial charge is 0.496 e. The molecule has 0 spiro atoms. The molecule has 1 aromatic heterocycles. The van der Waals surface area contributed by atoms with Crippen LogP contribution in [-0.4, -0.2) is 46.7 Å². The van der Waals surface area contributed by atoms with E-state index in [1.165, 1.54) is 0 Å². The Kier molecular flexibility index (Phi) is 8.22. The zero-order valence-electron chi connectivity index (χ0n) is 21.6. The van der Waals surface area contributed by atoms with Gasteiger partial charge < -0.3 is 15.0 Å². The van der Waals surface area contributed by atoms with Crippen molar-refractivity contribution in [1.82, 2.24) is 20.0 Å². The zero-order valence-corrected chi connectivity index (χ0v) is 23.2. The highest BCUT2D eigenvalue weighted by Crippen LogP contribution is 2.33. The van der Waals surface area contributed by atoms with Crippen LogP contribution in [0.15, 0.2) is 95.2 Å². The average molecular weight is 586 g/mol. The van der Waals surface area contributed by atoms with E-state index in [-0.39, 0.29) is 17.5 Å². The van der Waals surface area contributed by atoms with Gasteiger partial charge in [0.1, 0.15) is 17.1 Å². The second kappa shape index (κ2) is 12.1. The molecular weight excluding hydrogens is 556 g/mol. The molecule has 0 atom stereocenters. The van der Waals surface area contributed by atoms with Crippen LogP contribution in [0.5, 0.6) is 5.75 Å². The van der Waals surface area contributed by atoms with Gasteiger partial charge in [0.2, 0.25) is 0 Å². The summed E-state index contributed by atoms with van der Waals surface area (Å²) < 4.78 is 7.97. The molecule has 0 saturated carbocycles. The fourth-order valence-corrected chi connectivity index (χ4v) is 5.14. The van der Waals surface area contributed by atoms with E-state index in [0.717, 1.165) is 35.0 Å². The Balaban J connectivity index is 1.61.